The summed E-state index contributed by atoms with van der Waals surface area (Å²) < 4.78 is 0. The van der Waals surface area contributed by atoms with Gasteiger partial charge >= 0.3 is 0 Å². The lowest BCUT2D eigenvalue weighted by Gasteiger charge is -2.31. The van der Waals surface area contributed by atoms with E-state index in [9.17, 15) is 4.79 Å². The Morgan fingerprint density at radius 1 is 1.21 bits per heavy atom. The third-order valence-electron chi connectivity index (χ3n) is 4.69. The second-order valence-corrected chi connectivity index (χ2v) is 5.36. The number of hydrogen-bond donors (Lipinski definition) is 0. The van der Waals surface area contributed by atoms with E-state index in [1.165, 1.54) is 25.7 Å². The molecular formula is C13H18O. The first kappa shape index (κ1) is 8.70. The second-order valence-electron chi connectivity index (χ2n) is 5.36. The molecule has 0 amide bonds. The number of rotatable bonds is 2. The summed E-state index contributed by atoms with van der Waals surface area (Å²) >= 11 is 0. The molecule has 4 atom stereocenters. The van der Waals surface area contributed by atoms with Crippen LogP contribution in [0.15, 0.2) is 12.2 Å². The van der Waals surface area contributed by atoms with Crippen LogP contribution >= 0.6 is 0 Å². The number of carbonyl (C=O) groups is 1. The van der Waals surface area contributed by atoms with Crippen molar-refractivity contribution in [3.8, 4) is 0 Å². The van der Waals surface area contributed by atoms with Gasteiger partial charge in [0.1, 0.15) is 5.78 Å². The van der Waals surface area contributed by atoms with Gasteiger partial charge in [0.15, 0.2) is 0 Å². The van der Waals surface area contributed by atoms with Gasteiger partial charge in [-0.05, 0) is 37.0 Å². The van der Waals surface area contributed by atoms with Crippen LogP contribution in [0.25, 0.3) is 0 Å². The third kappa shape index (κ3) is 1.04. The largest absolute Gasteiger partial charge is 0.299 e. The van der Waals surface area contributed by atoms with Crippen LogP contribution in [0, 0.1) is 29.6 Å². The topological polar surface area (TPSA) is 17.1 Å². The molecule has 3 aliphatic rings. The number of fused-ring (bicyclic) bond motifs is 2. The van der Waals surface area contributed by atoms with Crippen molar-refractivity contribution in [1.82, 2.24) is 0 Å². The van der Waals surface area contributed by atoms with E-state index in [-0.39, 0.29) is 0 Å². The lowest BCUT2D eigenvalue weighted by Crippen LogP contribution is -2.34. The van der Waals surface area contributed by atoms with E-state index in [0.717, 1.165) is 0 Å². The highest BCUT2D eigenvalue weighted by Crippen LogP contribution is 2.50. The van der Waals surface area contributed by atoms with Crippen molar-refractivity contribution in [3.05, 3.63) is 12.2 Å². The molecule has 2 bridgehead atoms. The van der Waals surface area contributed by atoms with Crippen molar-refractivity contribution in [3.63, 3.8) is 0 Å². The Labute approximate surface area is 85.6 Å². The SMILES string of the molecule is CC1C2C=CC(C2)C1C(=O)C1CCC1. The van der Waals surface area contributed by atoms with E-state index in [2.05, 4.69) is 19.1 Å². The molecule has 0 spiro atoms. The van der Waals surface area contributed by atoms with Crippen LogP contribution in [0.2, 0.25) is 0 Å². The maximum absolute atomic E-state index is 12.2. The number of ketones is 1. The molecule has 0 aliphatic heterocycles. The van der Waals surface area contributed by atoms with E-state index in [1.807, 2.05) is 0 Å². The Morgan fingerprint density at radius 2 is 1.93 bits per heavy atom. The van der Waals surface area contributed by atoms with Crippen molar-refractivity contribution in [2.75, 3.05) is 0 Å². The van der Waals surface area contributed by atoms with Gasteiger partial charge < -0.3 is 0 Å². The van der Waals surface area contributed by atoms with Crippen molar-refractivity contribution >= 4 is 5.78 Å². The summed E-state index contributed by atoms with van der Waals surface area (Å²) in [6.45, 7) is 2.27. The average molecular weight is 190 g/mol. The van der Waals surface area contributed by atoms with Crippen LogP contribution in [-0.4, -0.2) is 5.78 Å². The van der Waals surface area contributed by atoms with E-state index >= 15 is 0 Å². The first-order valence-electron chi connectivity index (χ1n) is 5.99. The first-order valence-corrected chi connectivity index (χ1v) is 5.99. The molecule has 76 valence electrons. The van der Waals surface area contributed by atoms with Gasteiger partial charge in [-0.1, -0.05) is 25.5 Å². The molecule has 2 saturated carbocycles. The Balaban J connectivity index is 1.78. The molecule has 1 nitrogen and oxygen atoms in total. The normalized spacial score (nSPS) is 45.5. The van der Waals surface area contributed by atoms with E-state index in [1.54, 1.807) is 0 Å². The Morgan fingerprint density at radius 3 is 2.43 bits per heavy atom. The fraction of sp³-hybridized carbons (Fsp3) is 0.769. The molecule has 0 aromatic carbocycles. The number of allylic oxidation sites excluding steroid dienone is 2. The fourth-order valence-electron chi connectivity index (χ4n) is 3.50. The molecule has 0 N–H and O–H groups in total. The van der Waals surface area contributed by atoms with Gasteiger partial charge in [-0.3, -0.25) is 4.79 Å². The molecule has 0 aromatic rings. The minimum Gasteiger partial charge on any atom is -0.299 e. The van der Waals surface area contributed by atoms with Gasteiger partial charge in [0.05, 0.1) is 0 Å². The minimum absolute atomic E-state index is 0.385. The second kappa shape index (κ2) is 2.95. The molecule has 1 heteroatoms. The van der Waals surface area contributed by atoms with Gasteiger partial charge in [0.2, 0.25) is 0 Å². The molecule has 3 rings (SSSR count). The summed E-state index contributed by atoms with van der Waals surface area (Å²) in [4.78, 5) is 12.2. The molecule has 3 aliphatic carbocycles. The Kier molecular flexibility index (Phi) is 1.83. The predicted molar refractivity (Wildman–Crippen MR) is 55.7 cm³/mol. The summed E-state index contributed by atoms with van der Waals surface area (Å²) in [6, 6.07) is 0. The minimum atomic E-state index is 0.385. The van der Waals surface area contributed by atoms with Crippen molar-refractivity contribution in [2.45, 2.75) is 32.6 Å². The fourth-order valence-corrected chi connectivity index (χ4v) is 3.50. The zero-order valence-electron chi connectivity index (χ0n) is 8.78. The van der Waals surface area contributed by atoms with Crippen LogP contribution in [0.3, 0.4) is 0 Å². The van der Waals surface area contributed by atoms with E-state index < -0.39 is 0 Å². The standard InChI is InChI=1S/C13H18O/c1-8-10-5-6-11(7-10)12(8)13(14)9-3-2-4-9/h5-6,8-12H,2-4,7H2,1H3. The maximum Gasteiger partial charge on any atom is 0.139 e. The van der Waals surface area contributed by atoms with E-state index in [0.29, 0.717) is 35.4 Å². The maximum atomic E-state index is 12.2. The van der Waals surface area contributed by atoms with Gasteiger partial charge in [0, 0.05) is 11.8 Å². The molecule has 0 aromatic heterocycles. The van der Waals surface area contributed by atoms with Crippen LogP contribution in [-0.2, 0) is 4.79 Å². The summed E-state index contributed by atoms with van der Waals surface area (Å²) in [5.74, 6) is 3.36. The average Bonchev–Trinajstić information content (AvgIpc) is 2.59. The molecule has 4 unspecified atom stereocenters. The third-order valence-corrected chi connectivity index (χ3v) is 4.69. The smallest absolute Gasteiger partial charge is 0.139 e. The predicted octanol–water partition coefficient (Wildman–Crippen LogP) is 2.81. The molecule has 0 saturated heterocycles. The Bertz CT molecular complexity index is 288. The molecular weight excluding hydrogens is 172 g/mol. The summed E-state index contributed by atoms with van der Waals surface area (Å²) in [5.41, 5.74) is 0. The van der Waals surface area contributed by atoms with E-state index in [4.69, 9.17) is 0 Å². The van der Waals surface area contributed by atoms with Crippen molar-refractivity contribution in [2.24, 2.45) is 29.6 Å². The Hall–Kier alpha value is -0.590. The molecule has 14 heavy (non-hydrogen) atoms. The van der Waals surface area contributed by atoms with Crippen molar-refractivity contribution in [1.29, 1.82) is 0 Å². The first-order chi connectivity index (χ1) is 6.77. The highest BCUT2D eigenvalue weighted by molar-refractivity contribution is 5.85. The molecule has 0 heterocycles. The van der Waals surface area contributed by atoms with Gasteiger partial charge in [-0.25, -0.2) is 0 Å². The van der Waals surface area contributed by atoms with Gasteiger partial charge in [-0.2, -0.15) is 0 Å². The lowest BCUT2D eigenvalue weighted by atomic mass is 9.71. The van der Waals surface area contributed by atoms with Crippen LogP contribution in [0.1, 0.15) is 32.6 Å². The summed E-state index contributed by atoms with van der Waals surface area (Å²) in [7, 11) is 0. The number of carbonyl (C=O) groups excluding carboxylic acids is 1. The highest BCUT2D eigenvalue weighted by Gasteiger charge is 2.47. The van der Waals surface area contributed by atoms with Gasteiger partial charge in [-0.15, -0.1) is 0 Å². The monoisotopic (exact) mass is 190 g/mol. The quantitative estimate of drug-likeness (QED) is 0.612. The van der Waals surface area contributed by atoms with Gasteiger partial charge in [0.25, 0.3) is 0 Å². The zero-order chi connectivity index (χ0) is 9.71. The van der Waals surface area contributed by atoms with Crippen molar-refractivity contribution < 1.29 is 4.79 Å². The lowest BCUT2D eigenvalue weighted by molar-refractivity contribution is -0.131. The summed E-state index contributed by atoms with van der Waals surface area (Å²) in [6.07, 6.45) is 9.50. The van der Waals surface area contributed by atoms with Crippen LogP contribution in [0.4, 0.5) is 0 Å². The highest BCUT2D eigenvalue weighted by atomic mass is 16.1. The molecule has 2 fully saturated rings. The van der Waals surface area contributed by atoms with Crippen LogP contribution < -0.4 is 0 Å². The molecule has 0 radical (unpaired) electrons. The number of hydrogen-bond acceptors (Lipinski definition) is 1. The zero-order valence-corrected chi connectivity index (χ0v) is 8.78. The number of Topliss-reactive ketones (excluding diaryl/α,β-unsaturated/α-hetero) is 1. The van der Waals surface area contributed by atoms with Crippen LogP contribution in [0.5, 0.6) is 0 Å². The summed E-state index contributed by atoms with van der Waals surface area (Å²) in [5, 5.41) is 0.